The lowest BCUT2D eigenvalue weighted by Crippen LogP contribution is -2.51. The van der Waals surface area contributed by atoms with Crippen molar-refractivity contribution in [2.45, 2.75) is 31.8 Å². The number of anilines is 1. The number of nitrogens with one attached hydrogen (secondary N) is 1. The minimum atomic E-state index is -0.776. The predicted molar refractivity (Wildman–Crippen MR) is 89.9 cm³/mol. The molecular weight excluding hydrogens is 316 g/mol. The van der Waals surface area contributed by atoms with Crippen molar-refractivity contribution in [3.8, 4) is 0 Å². The lowest BCUT2D eigenvalue weighted by Gasteiger charge is -2.42. The van der Waals surface area contributed by atoms with Gasteiger partial charge in [0.25, 0.3) is 0 Å². The van der Waals surface area contributed by atoms with Gasteiger partial charge in [-0.3, -0.25) is 9.69 Å². The molecule has 1 aliphatic carbocycles. The SMILES string of the molecule is CCN(CC(=O)O)C1CC(Nc2ncnc3cc(Cl)ccc23)C1. The topological polar surface area (TPSA) is 78.4 Å². The Kier molecular flexibility index (Phi) is 4.63. The summed E-state index contributed by atoms with van der Waals surface area (Å²) in [6, 6.07) is 6.18. The van der Waals surface area contributed by atoms with E-state index in [9.17, 15) is 4.79 Å². The van der Waals surface area contributed by atoms with Crippen LogP contribution in [0.5, 0.6) is 0 Å². The molecule has 6 nitrogen and oxygen atoms in total. The van der Waals surface area contributed by atoms with Gasteiger partial charge >= 0.3 is 5.97 Å². The van der Waals surface area contributed by atoms with Gasteiger partial charge in [0.1, 0.15) is 12.1 Å². The molecule has 1 heterocycles. The Hall–Kier alpha value is -1.92. The van der Waals surface area contributed by atoms with Crippen LogP contribution < -0.4 is 5.32 Å². The molecule has 2 aromatic rings. The van der Waals surface area contributed by atoms with E-state index in [-0.39, 0.29) is 6.54 Å². The number of halogens is 1. The van der Waals surface area contributed by atoms with Crippen LogP contribution >= 0.6 is 11.6 Å². The van der Waals surface area contributed by atoms with Crippen molar-refractivity contribution < 1.29 is 9.90 Å². The van der Waals surface area contributed by atoms with Gasteiger partial charge in [0.2, 0.25) is 0 Å². The van der Waals surface area contributed by atoms with Gasteiger partial charge < -0.3 is 10.4 Å². The molecule has 0 amide bonds. The number of aromatic nitrogens is 2. The summed E-state index contributed by atoms with van der Waals surface area (Å²) in [5.41, 5.74) is 0.812. The smallest absolute Gasteiger partial charge is 0.317 e. The van der Waals surface area contributed by atoms with E-state index in [1.165, 1.54) is 6.33 Å². The number of carboxylic acid groups (broad SMARTS) is 1. The van der Waals surface area contributed by atoms with Crippen molar-refractivity contribution >= 4 is 34.3 Å². The Bertz CT molecular complexity index is 718. The number of benzene rings is 1. The van der Waals surface area contributed by atoms with E-state index in [0.717, 1.165) is 36.1 Å². The lowest BCUT2D eigenvalue weighted by atomic mass is 9.85. The van der Waals surface area contributed by atoms with Crippen LogP contribution in [0, 0.1) is 0 Å². The fourth-order valence-corrected chi connectivity index (χ4v) is 3.18. The maximum Gasteiger partial charge on any atom is 0.317 e. The molecule has 1 aromatic carbocycles. The molecule has 3 rings (SSSR count). The average Bonchev–Trinajstić information content (AvgIpc) is 2.48. The summed E-state index contributed by atoms with van der Waals surface area (Å²) in [5, 5.41) is 14.0. The molecule has 0 spiro atoms. The summed E-state index contributed by atoms with van der Waals surface area (Å²) in [4.78, 5) is 21.4. The maximum atomic E-state index is 10.9. The van der Waals surface area contributed by atoms with E-state index in [0.29, 0.717) is 17.1 Å². The second kappa shape index (κ2) is 6.68. The monoisotopic (exact) mass is 334 g/mol. The first-order valence-electron chi connectivity index (χ1n) is 7.69. The quantitative estimate of drug-likeness (QED) is 0.845. The molecular formula is C16H19ClN4O2. The van der Waals surface area contributed by atoms with Crippen LogP contribution in [-0.4, -0.2) is 51.1 Å². The Balaban J connectivity index is 1.65. The first-order chi connectivity index (χ1) is 11.1. The van der Waals surface area contributed by atoms with E-state index in [1.54, 1.807) is 0 Å². The Labute approximate surface area is 139 Å². The highest BCUT2D eigenvalue weighted by Crippen LogP contribution is 2.30. The molecule has 1 aliphatic rings. The summed E-state index contributed by atoms with van der Waals surface area (Å²) < 4.78 is 0. The number of hydrogen-bond acceptors (Lipinski definition) is 5. The second-order valence-electron chi connectivity index (χ2n) is 5.81. The van der Waals surface area contributed by atoms with Gasteiger partial charge in [-0.1, -0.05) is 18.5 Å². The zero-order valence-electron chi connectivity index (χ0n) is 12.9. The zero-order chi connectivity index (χ0) is 16.4. The molecule has 1 fully saturated rings. The lowest BCUT2D eigenvalue weighted by molar-refractivity contribution is -0.139. The van der Waals surface area contributed by atoms with Crippen LogP contribution in [0.4, 0.5) is 5.82 Å². The summed E-state index contributed by atoms with van der Waals surface area (Å²) in [7, 11) is 0. The summed E-state index contributed by atoms with van der Waals surface area (Å²) in [6.07, 6.45) is 3.36. The standard InChI is InChI=1S/C16H19ClN4O2/c1-2-21(8-15(22)23)12-6-11(7-12)20-16-13-4-3-10(17)5-14(13)18-9-19-16/h3-5,9,11-12H,2,6-8H2,1H3,(H,22,23)(H,18,19,20). The molecule has 2 N–H and O–H groups in total. The second-order valence-corrected chi connectivity index (χ2v) is 6.24. The Morgan fingerprint density at radius 3 is 2.91 bits per heavy atom. The third kappa shape index (κ3) is 3.54. The van der Waals surface area contributed by atoms with E-state index in [4.69, 9.17) is 16.7 Å². The fourth-order valence-electron chi connectivity index (χ4n) is 3.02. The third-order valence-electron chi connectivity index (χ3n) is 4.31. The molecule has 0 radical (unpaired) electrons. The molecule has 1 aromatic heterocycles. The van der Waals surface area contributed by atoms with Gasteiger partial charge in [-0.15, -0.1) is 0 Å². The first-order valence-corrected chi connectivity index (χ1v) is 8.07. The number of likely N-dealkylation sites (N-methyl/N-ethyl adjacent to an activating group) is 1. The minimum Gasteiger partial charge on any atom is -0.480 e. The fraction of sp³-hybridized carbons (Fsp3) is 0.438. The normalized spacial score (nSPS) is 20.5. The van der Waals surface area contributed by atoms with E-state index < -0.39 is 5.97 Å². The van der Waals surface area contributed by atoms with Crippen LogP contribution in [0.1, 0.15) is 19.8 Å². The third-order valence-corrected chi connectivity index (χ3v) is 4.55. The summed E-state index contributed by atoms with van der Waals surface area (Å²) in [5.74, 6) is 0.0262. The van der Waals surface area contributed by atoms with Gasteiger partial charge in [-0.25, -0.2) is 9.97 Å². The van der Waals surface area contributed by atoms with Crippen molar-refractivity contribution in [2.24, 2.45) is 0 Å². The van der Waals surface area contributed by atoms with E-state index in [1.807, 2.05) is 30.0 Å². The molecule has 1 saturated carbocycles. The molecule has 0 atom stereocenters. The molecule has 0 unspecified atom stereocenters. The minimum absolute atomic E-state index is 0.100. The van der Waals surface area contributed by atoms with Crippen molar-refractivity contribution in [2.75, 3.05) is 18.4 Å². The molecule has 122 valence electrons. The van der Waals surface area contributed by atoms with Gasteiger partial charge in [0.05, 0.1) is 12.1 Å². The van der Waals surface area contributed by atoms with Crippen LogP contribution in [-0.2, 0) is 4.79 Å². The van der Waals surface area contributed by atoms with E-state index >= 15 is 0 Å². The van der Waals surface area contributed by atoms with Gasteiger partial charge in [0.15, 0.2) is 0 Å². The molecule has 0 bridgehead atoms. The van der Waals surface area contributed by atoms with Crippen molar-refractivity contribution in [1.29, 1.82) is 0 Å². The number of nitrogens with zero attached hydrogens (tertiary/aromatic N) is 3. The number of carbonyl (C=O) groups is 1. The highest BCUT2D eigenvalue weighted by Gasteiger charge is 2.34. The van der Waals surface area contributed by atoms with Crippen LogP contribution in [0.2, 0.25) is 5.02 Å². The van der Waals surface area contributed by atoms with Crippen LogP contribution in [0.15, 0.2) is 24.5 Å². The number of aliphatic carboxylic acids is 1. The average molecular weight is 335 g/mol. The number of fused-ring (bicyclic) bond motifs is 1. The zero-order valence-corrected chi connectivity index (χ0v) is 13.6. The number of rotatable bonds is 6. The summed E-state index contributed by atoms with van der Waals surface area (Å²) in [6.45, 7) is 2.84. The maximum absolute atomic E-state index is 10.9. The molecule has 0 saturated heterocycles. The number of carboxylic acids is 1. The van der Waals surface area contributed by atoms with Gasteiger partial charge in [0, 0.05) is 22.5 Å². The highest BCUT2D eigenvalue weighted by molar-refractivity contribution is 6.31. The van der Waals surface area contributed by atoms with Gasteiger partial charge in [-0.2, -0.15) is 0 Å². The Morgan fingerprint density at radius 2 is 2.22 bits per heavy atom. The van der Waals surface area contributed by atoms with Crippen molar-refractivity contribution in [3.63, 3.8) is 0 Å². The first kappa shape index (κ1) is 16.0. The summed E-state index contributed by atoms with van der Waals surface area (Å²) >= 11 is 5.99. The predicted octanol–water partition coefficient (Wildman–Crippen LogP) is 2.63. The van der Waals surface area contributed by atoms with Gasteiger partial charge in [-0.05, 0) is 37.6 Å². The number of hydrogen-bond donors (Lipinski definition) is 2. The molecule has 23 heavy (non-hydrogen) atoms. The Morgan fingerprint density at radius 1 is 1.43 bits per heavy atom. The van der Waals surface area contributed by atoms with Crippen LogP contribution in [0.25, 0.3) is 10.9 Å². The van der Waals surface area contributed by atoms with Crippen molar-refractivity contribution in [3.05, 3.63) is 29.5 Å². The van der Waals surface area contributed by atoms with E-state index in [2.05, 4.69) is 15.3 Å². The molecule has 7 heteroatoms. The van der Waals surface area contributed by atoms with Crippen LogP contribution in [0.3, 0.4) is 0 Å². The molecule has 0 aliphatic heterocycles. The highest BCUT2D eigenvalue weighted by atomic mass is 35.5. The largest absolute Gasteiger partial charge is 0.480 e. The van der Waals surface area contributed by atoms with Crippen molar-refractivity contribution in [1.82, 2.24) is 14.9 Å².